The molecule has 3 rings (SSSR count). The number of carboxylic acid groups (broad SMARTS) is 1. The monoisotopic (exact) mass is 285 g/mol. The van der Waals surface area contributed by atoms with Crippen LogP contribution in [0.15, 0.2) is 30.6 Å². The third-order valence-electron chi connectivity index (χ3n) is 4.08. The molecule has 2 N–H and O–H groups in total. The van der Waals surface area contributed by atoms with Crippen molar-refractivity contribution in [2.24, 2.45) is 5.41 Å². The number of carboxylic acids is 1. The van der Waals surface area contributed by atoms with Gasteiger partial charge in [0.25, 0.3) is 5.91 Å². The minimum atomic E-state index is -0.835. The van der Waals surface area contributed by atoms with E-state index in [-0.39, 0.29) is 12.5 Å². The highest BCUT2D eigenvalue weighted by Gasteiger charge is 2.44. The SMILES string of the molecule is O=C(NCC1(C(=O)O)CCC1)c1ccc2nccnc2c1. The zero-order valence-electron chi connectivity index (χ0n) is 11.4. The first-order valence-corrected chi connectivity index (χ1v) is 6.83. The first kappa shape index (κ1) is 13.5. The number of hydrogen-bond donors (Lipinski definition) is 2. The number of fused-ring (bicyclic) bond motifs is 1. The Balaban J connectivity index is 1.73. The Morgan fingerprint density at radius 3 is 2.52 bits per heavy atom. The molecule has 0 aliphatic heterocycles. The van der Waals surface area contributed by atoms with Crippen LogP contribution in [0.3, 0.4) is 0 Å². The van der Waals surface area contributed by atoms with E-state index in [0.717, 1.165) is 11.9 Å². The van der Waals surface area contributed by atoms with Gasteiger partial charge in [-0.15, -0.1) is 0 Å². The molecule has 0 atom stereocenters. The Morgan fingerprint density at radius 2 is 1.90 bits per heavy atom. The summed E-state index contributed by atoms with van der Waals surface area (Å²) in [5.74, 6) is -1.12. The quantitative estimate of drug-likeness (QED) is 0.890. The Hall–Kier alpha value is -2.50. The van der Waals surface area contributed by atoms with Gasteiger partial charge in [-0.3, -0.25) is 19.6 Å². The Bertz CT molecular complexity index is 710. The zero-order valence-corrected chi connectivity index (χ0v) is 11.4. The van der Waals surface area contributed by atoms with E-state index >= 15 is 0 Å². The third kappa shape index (κ3) is 2.44. The molecule has 1 saturated carbocycles. The number of carbonyl (C=O) groups excluding carboxylic acids is 1. The number of benzene rings is 1. The number of aliphatic carboxylic acids is 1. The molecule has 0 radical (unpaired) electrons. The maximum atomic E-state index is 12.1. The van der Waals surface area contributed by atoms with Crippen molar-refractivity contribution in [3.63, 3.8) is 0 Å². The first-order valence-electron chi connectivity index (χ1n) is 6.83. The molecule has 6 heteroatoms. The second-order valence-electron chi connectivity index (χ2n) is 5.38. The van der Waals surface area contributed by atoms with Crippen LogP contribution in [-0.2, 0) is 4.79 Å². The van der Waals surface area contributed by atoms with Gasteiger partial charge in [0.05, 0.1) is 16.4 Å². The fourth-order valence-electron chi connectivity index (χ4n) is 2.53. The van der Waals surface area contributed by atoms with Gasteiger partial charge in [-0.05, 0) is 31.0 Å². The number of hydrogen-bond acceptors (Lipinski definition) is 4. The maximum absolute atomic E-state index is 12.1. The summed E-state index contributed by atoms with van der Waals surface area (Å²) in [4.78, 5) is 31.7. The summed E-state index contributed by atoms with van der Waals surface area (Å²) in [6.07, 6.45) is 5.29. The number of aromatic nitrogens is 2. The van der Waals surface area contributed by atoms with Crippen molar-refractivity contribution in [2.75, 3.05) is 6.54 Å². The van der Waals surface area contributed by atoms with Gasteiger partial charge in [-0.1, -0.05) is 6.42 Å². The molecule has 1 aromatic heterocycles. The largest absolute Gasteiger partial charge is 0.481 e. The molecule has 1 amide bonds. The van der Waals surface area contributed by atoms with Crippen LogP contribution in [0.1, 0.15) is 29.6 Å². The average Bonchev–Trinajstić information content (AvgIpc) is 2.45. The van der Waals surface area contributed by atoms with Crippen molar-refractivity contribution in [3.8, 4) is 0 Å². The molecule has 1 fully saturated rings. The van der Waals surface area contributed by atoms with Gasteiger partial charge in [-0.25, -0.2) is 0 Å². The summed E-state index contributed by atoms with van der Waals surface area (Å²) in [6, 6.07) is 5.06. The smallest absolute Gasteiger partial charge is 0.311 e. The lowest BCUT2D eigenvalue weighted by Gasteiger charge is -2.37. The lowest BCUT2D eigenvalue weighted by atomic mass is 9.69. The minimum Gasteiger partial charge on any atom is -0.481 e. The van der Waals surface area contributed by atoms with Gasteiger partial charge in [-0.2, -0.15) is 0 Å². The number of nitrogens with one attached hydrogen (secondary N) is 1. The highest BCUT2D eigenvalue weighted by atomic mass is 16.4. The van der Waals surface area contributed by atoms with Gasteiger partial charge in [0.1, 0.15) is 0 Å². The van der Waals surface area contributed by atoms with Crippen molar-refractivity contribution in [2.45, 2.75) is 19.3 Å². The van der Waals surface area contributed by atoms with E-state index in [1.165, 1.54) is 0 Å². The van der Waals surface area contributed by atoms with E-state index in [1.807, 2.05) is 0 Å². The first-order chi connectivity index (χ1) is 10.1. The second kappa shape index (κ2) is 5.12. The van der Waals surface area contributed by atoms with E-state index in [1.54, 1.807) is 30.6 Å². The van der Waals surface area contributed by atoms with Gasteiger partial charge in [0.2, 0.25) is 0 Å². The zero-order chi connectivity index (χ0) is 14.9. The van der Waals surface area contributed by atoms with Crippen molar-refractivity contribution in [1.82, 2.24) is 15.3 Å². The molecule has 1 heterocycles. The lowest BCUT2D eigenvalue weighted by Crippen LogP contribution is -2.47. The lowest BCUT2D eigenvalue weighted by molar-refractivity contribution is -0.153. The van der Waals surface area contributed by atoms with Crippen LogP contribution < -0.4 is 5.32 Å². The normalized spacial score (nSPS) is 16.2. The van der Waals surface area contributed by atoms with Crippen molar-refractivity contribution >= 4 is 22.9 Å². The second-order valence-corrected chi connectivity index (χ2v) is 5.38. The average molecular weight is 285 g/mol. The van der Waals surface area contributed by atoms with Crippen LogP contribution in [0.5, 0.6) is 0 Å². The van der Waals surface area contributed by atoms with Gasteiger partial charge in [0.15, 0.2) is 0 Å². The van der Waals surface area contributed by atoms with Crippen molar-refractivity contribution in [1.29, 1.82) is 0 Å². The Labute approximate surface area is 121 Å². The molecule has 0 bridgehead atoms. The van der Waals surface area contributed by atoms with E-state index < -0.39 is 11.4 Å². The van der Waals surface area contributed by atoms with Crippen molar-refractivity contribution < 1.29 is 14.7 Å². The topological polar surface area (TPSA) is 92.2 Å². The van der Waals surface area contributed by atoms with Crippen LogP contribution in [0.4, 0.5) is 0 Å². The molecule has 1 aliphatic carbocycles. The van der Waals surface area contributed by atoms with Crippen LogP contribution >= 0.6 is 0 Å². The highest BCUT2D eigenvalue weighted by molar-refractivity contribution is 5.97. The predicted octanol–water partition coefficient (Wildman–Crippen LogP) is 1.61. The van der Waals surface area contributed by atoms with Crippen LogP contribution in [-0.4, -0.2) is 33.5 Å². The summed E-state index contributed by atoms with van der Waals surface area (Å²) in [6.45, 7) is 0.166. The van der Waals surface area contributed by atoms with Gasteiger partial charge >= 0.3 is 5.97 Å². The fraction of sp³-hybridized carbons (Fsp3) is 0.333. The van der Waals surface area contributed by atoms with Crippen LogP contribution in [0.2, 0.25) is 0 Å². The minimum absolute atomic E-state index is 0.166. The number of nitrogens with zero attached hydrogens (tertiary/aromatic N) is 2. The van der Waals surface area contributed by atoms with E-state index in [0.29, 0.717) is 23.9 Å². The van der Waals surface area contributed by atoms with E-state index in [9.17, 15) is 14.7 Å². The Kier molecular flexibility index (Phi) is 3.29. The molecule has 0 unspecified atom stereocenters. The Morgan fingerprint density at radius 1 is 1.19 bits per heavy atom. The molecule has 0 saturated heterocycles. The third-order valence-corrected chi connectivity index (χ3v) is 4.08. The van der Waals surface area contributed by atoms with E-state index in [2.05, 4.69) is 15.3 Å². The molecule has 6 nitrogen and oxygen atoms in total. The van der Waals surface area contributed by atoms with Crippen LogP contribution in [0.25, 0.3) is 11.0 Å². The molecule has 1 aromatic carbocycles. The van der Waals surface area contributed by atoms with Crippen LogP contribution in [0, 0.1) is 5.41 Å². The molecular formula is C15H15N3O3. The van der Waals surface area contributed by atoms with Crippen molar-refractivity contribution in [3.05, 3.63) is 36.2 Å². The fourth-order valence-corrected chi connectivity index (χ4v) is 2.53. The summed E-state index contributed by atoms with van der Waals surface area (Å²) < 4.78 is 0. The molecular weight excluding hydrogens is 270 g/mol. The predicted molar refractivity (Wildman–Crippen MR) is 75.8 cm³/mol. The summed E-state index contributed by atoms with van der Waals surface area (Å²) in [5, 5.41) is 12.0. The highest BCUT2D eigenvalue weighted by Crippen LogP contribution is 2.40. The van der Waals surface area contributed by atoms with Gasteiger partial charge < -0.3 is 10.4 Å². The number of amides is 1. The summed E-state index contributed by atoms with van der Waals surface area (Å²) >= 11 is 0. The number of rotatable bonds is 4. The standard InChI is InChI=1S/C15H15N3O3/c19-13(18-9-15(14(20)21)4-1-5-15)10-2-3-11-12(8-10)17-7-6-16-11/h2-3,6-8H,1,4-5,9H2,(H,18,19)(H,20,21). The summed E-state index contributed by atoms with van der Waals surface area (Å²) in [7, 11) is 0. The molecule has 2 aromatic rings. The summed E-state index contributed by atoms with van der Waals surface area (Å²) in [5.41, 5.74) is 1.03. The molecule has 108 valence electrons. The molecule has 0 spiro atoms. The van der Waals surface area contributed by atoms with Gasteiger partial charge in [0, 0.05) is 24.5 Å². The molecule has 1 aliphatic rings. The number of carbonyl (C=O) groups is 2. The molecule has 21 heavy (non-hydrogen) atoms. The maximum Gasteiger partial charge on any atom is 0.311 e. The van der Waals surface area contributed by atoms with E-state index in [4.69, 9.17) is 0 Å².